The topological polar surface area (TPSA) is 50.2 Å². The summed E-state index contributed by atoms with van der Waals surface area (Å²) in [4.78, 5) is 14.3. The highest BCUT2D eigenvalue weighted by molar-refractivity contribution is 6.17. The van der Waals surface area contributed by atoms with Gasteiger partial charge in [-0.05, 0) is 24.1 Å². The fourth-order valence-electron chi connectivity index (χ4n) is 1.45. The molecule has 1 heterocycles. The van der Waals surface area contributed by atoms with Gasteiger partial charge < -0.3 is 5.11 Å². The van der Waals surface area contributed by atoms with E-state index >= 15 is 0 Å². The predicted molar refractivity (Wildman–Crippen MR) is 54.8 cm³/mol. The number of hydrogen-bond acceptors (Lipinski definition) is 2. The van der Waals surface area contributed by atoms with Gasteiger partial charge in [0, 0.05) is 11.6 Å². The van der Waals surface area contributed by atoms with E-state index < -0.39 is 18.1 Å². The van der Waals surface area contributed by atoms with E-state index in [1.165, 1.54) is 13.0 Å². The molecule has 0 radical (unpaired) electrons. The van der Waals surface area contributed by atoms with Crippen molar-refractivity contribution in [3.8, 4) is 0 Å². The first-order chi connectivity index (χ1) is 7.45. The normalized spacial score (nSPS) is 10.8. The molecule has 1 aromatic heterocycles. The molecule has 0 bridgehead atoms. The van der Waals surface area contributed by atoms with E-state index in [0.717, 1.165) is 0 Å². The number of hydrogen-bond donors (Lipinski definition) is 1. The van der Waals surface area contributed by atoms with E-state index in [9.17, 15) is 13.6 Å². The highest BCUT2D eigenvalue weighted by Gasteiger charge is 2.19. The van der Waals surface area contributed by atoms with E-state index in [4.69, 9.17) is 16.7 Å². The summed E-state index contributed by atoms with van der Waals surface area (Å²) >= 11 is 5.55. The Labute approximate surface area is 96.1 Å². The molecule has 1 rings (SSSR count). The first kappa shape index (κ1) is 12.8. The average Bonchev–Trinajstić information content (AvgIpc) is 2.15. The van der Waals surface area contributed by atoms with Gasteiger partial charge in [-0.15, -0.1) is 11.6 Å². The van der Waals surface area contributed by atoms with Crippen LogP contribution < -0.4 is 0 Å². The minimum atomic E-state index is -2.75. The van der Waals surface area contributed by atoms with Gasteiger partial charge in [0.25, 0.3) is 6.43 Å². The van der Waals surface area contributed by atoms with Crippen LogP contribution in [0.2, 0.25) is 0 Å². The van der Waals surface area contributed by atoms with Gasteiger partial charge in [-0.25, -0.2) is 8.78 Å². The van der Waals surface area contributed by atoms with E-state index in [1.54, 1.807) is 0 Å². The van der Waals surface area contributed by atoms with Gasteiger partial charge in [0.15, 0.2) is 0 Å². The first-order valence-electron chi connectivity index (χ1n) is 4.51. The Hall–Kier alpha value is -1.23. The zero-order valence-electron chi connectivity index (χ0n) is 8.51. The second-order valence-electron chi connectivity index (χ2n) is 3.29. The molecule has 16 heavy (non-hydrogen) atoms. The van der Waals surface area contributed by atoms with Crippen LogP contribution in [0.15, 0.2) is 6.07 Å². The van der Waals surface area contributed by atoms with Crippen molar-refractivity contribution in [1.82, 2.24) is 4.98 Å². The molecule has 1 aromatic rings. The fraction of sp³-hybridized carbons (Fsp3) is 0.400. The summed E-state index contributed by atoms with van der Waals surface area (Å²) < 4.78 is 25.3. The molecule has 6 heteroatoms. The molecular formula is C10H10ClF2NO2. The Balaban J connectivity index is 3.29. The third-order valence-electron chi connectivity index (χ3n) is 2.06. The van der Waals surface area contributed by atoms with Gasteiger partial charge in [0.2, 0.25) is 0 Å². The molecule has 0 saturated heterocycles. The highest BCUT2D eigenvalue weighted by Crippen LogP contribution is 2.26. The van der Waals surface area contributed by atoms with Crippen LogP contribution in [0.25, 0.3) is 0 Å². The van der Waals surface area contributed by atoms with E-state index in [0.29, 0.717) is 11.3 Å². The number of alkyl halides is 3. The lowest BCUT2D eigenvalue weighted by atomic mass is 10.0. The average molecular weight is 250 g/mol. The van der Waals surface area contributed by atoms with Crippen molar-refractivity contribution >= 4 is 17.6 Å². The number of carbonyl (C=O) groups is 1. The van der Waals surface area contributed by atoms with Gasteiger partial charge in [-0.3, -0.25) is 9.78 Å². The molecule has 88 valence electrons. The Morgan fingerprint density at radius 1 is 1.62 bits per heavy atom. The lowest BCUT2D eigenvalue weighted by Gasteiger charge is -2.11. The number of nitrogens with zero attached hydrogens (tertiary/aromatic N) is 1. The van der Waals surface area contributed by atoms with Crippen LogP contribution >= 0.6 is 11.6 Å². The molecule has 0 unspecified atom stereocenters. The zero-order chi connectivity index (χ0) is 12.3. The largest absolute Gasteiger partial charge is 0.481 e. The standard InChI is InChI=1S/C10H10ClF2NO2/c1-5-2-6(3-8(15)16)7(4-11)9(14-5)10(12)13/h2,10H,3-4H2,1H3,(H,15,16). The third kappa shape index (κ3) is 2.88. The van der Waals surface area contributed by atoms with Gasteiger partial charge in [-0.1, -0.05) is 0 Å². The maximum absolute atomic E-state index is 12.6. The van der Waals surface area contributed by atoms with Crippen molar-refractivity contribution in [3.63, 3.8) is 0 Å². The number of aromatic nitrogens is 1. The monoisotopic (exact) mass is 249 g/mol. The van der Waals surface area contributed by atoms with Crippen molar-refractivity contribution in [2.24, 2.45) is 0 Å². The summed E-state index contributed by atoms with van der Waals surface area (Å²) in [5, 5.41) is 8.66. The van der Waals surface area contributed by atoms with Crippen LogP contribution in [0.5, 0.6) is 0 Å². The van der Waals surface area contributed by atoms with Crippen molar-refractivity contribution < 1.29 is 18.7 Å². The summed E-state index contributed by atoms with van der Waals surface area (Å²) in [7, 11) is 0. The first-order valence-corrected chi connectivity index (χ1v) is 5.04. The molecule has 0 fully saturated rings. The summed E-state index contributed by atoms with van der Waals surface area (Å²) in [6.45, 7) is 1.54. The number of rotatable bonds is 4. The van der Waals surface area contributed by atoms with Crippen LogP contribution in [0, 0.1) is 6.92 Å². The van der Waals surface area contributed by atoms with Crippen LogP contribution in [0.1, 0.15) is 28.9 Å². The second-order valence-corrected chi connectivity index (χ2v) is 3.56. The molecule has 0 aliphatic heterocycles. The summed E-state index contributed by atoms with van der Waals surface area (Å²) in [6.07, 6.45) is -3.08. The minimum absolute atomic E-state index is 0.115. The van der Waals surface area contributed by atoms with Gasteiger partial charge in [0.05, 0.1) is 6.42 Å². The maximum atomic E-state index is 12.6. The molecule has 0 amide bonds. The lowest BCUT2D eigenvalue weighted by molar-refractivity contribution is -0.136. The molecule has 1 N–H and O–H groups in total. The molecule has 0 aliphatic rings. The number of halogens is 3. The molecule has 0 atom stereocenters. The van der Waals surface area contributed by atoms with Crippen molar-refractivity contribution in [2.75, 3.05) is 0 Å². The molecule has 0 aromatic carbocycles. The van der Waals surface area contributed by atoms with Crippen LogP contribution in [-0.4, -0.2) is 16.1 Å². The number of carboxylic acid groups (broad SMARTS) is 1. The fourth-order valence-corrected chi connectivity index (χ4v) is 1.76. The van der Waals surface area contributed by atoms with Crippen LogP contribution in [0.4, 0.5) is 8.78 Å². The quantitative estimate of drug-likeness (QED) is 0.835. The SMILES string of the molecule is Cc1cc(CC(=O)O)c(CCl)c(C(F)F)n1. The maximum Gasteiger partial charge on any atom is 0.307 e. The molecule has 3 nitrogen and oxygen atoms in total. The Morgan fingerprint density at radius 2 is 2.25 bits per heavy atom. The van der Waals surface area contributed by atoms with E-state index in [1.807, 2.05) is 0 Å². The second kappa shape index (κ2) is 5.21. The van der Waals surface area contributed by atoms with Crippen molar-refractivity contribution in [1.29, 1.82) is 0 Å². The molecular weight excluding hydrogens is 240 g/mol. The molecule has 0 aliphatic carbocycles. The van der Waals surface area contributed by atoms with Gasteiger partial charge in [-0.2, -0.15) is 0 Å². The van der Waals surface area contributed by atoms with Crippen molar-refractivity contribution in [2.45, 2.75) is 25.7 Å². The van der Waals surface area contributed by atoms with Gasteiger partial charge >= 0.3 is 5.97 Å². The van der Waals surface area contributed by atoms with E-state index in [-0.39, 0.29) is 17.9 Å². The predicted octanol–water partition coefficient (Wildman–Crippen LogP) is 2.69. The third-order valence-corrected chi connectivity index (χ3v) is 2.33. The number of pyridine rings is 1. The summed E-state index contributed by atoms with van der Waals surface area (Å²) in [6, 6.07) is 1.47. The number of aliphatic carboxylic acids is 1. The number of carboxylic acids is 1. The Bertz CT molecular complexity index is 410. The zero-order valence-corrected chi connectivity index (χ0v) is 9.26. The number of aryl methyl sites for hydroxylation is 1. The Morgan fingerprint density at radius 3 is 2.69 bits per heavy atom. The summed E-state index contributed by atoms with van der Waals surface area (Å²) in [5.41, 5.74) is 0.349. The minimum Gasteiger partial charge on any atom is -0.481 e. The van der Waals surface area contributed by atoms with Crippen LogP contribution in [0.3, 0.4) is 0 Å². The molecule has 0 saturated carbocycles. The lowest BCUT2D eigenvalue weighted by Crippen LogP contribution is -2.08. The van der Waals surface area contributed by atoms with Crippen molar-refractivity contribution in [3.05, 3.63) is 28.6 Å². The smallest absolute Gasteiger partial charge is 0.307 e. The van der Waals surface area contributed by atoms with Gasteiger partial charge in [0.1, 0.15) is 5.69 Å². The van der Waals surface area contributed by atoms with Crippen LogP contribution in [-0.2, 0) is 17.1 Å². The molecule has 0 spiro atoms. The summed E-state index contributed by atoms with van der Waals surface area (Å²) in [5.74, 6) is -1.26. The highest BCUT2D eigenvalue weighted by atomic mass is 35.5. The van der Waals surface area contributed by atoms with E-state index in [2.05, 4.69) is 4.98 Å². The Kier molecular flexibility index (Phi) is 4.18.